The third-order valence-corrected chi connectivity index (χ3v) is 4.15. The minimum absolute atomic E-state index is 0.309. The summed E-state index contributed by atoms with van der Waals surface area (Å²) < 4.78 is 4.82. The first kappa shape index (κ1) is 15.0. The van der Waals surface area contributed by atoms with Crippen LogP contribution >= 0.6 is 0 Å². The van der Waals surface area contributed by atoms with E-state index in [4.69, 9.17) is 4.74 Å². The van der Waals surface area contributed by atoms with Crippen molar-refractivity contribution in [2.75, 3.05) is 20.2 Å². The van der Waals surface area contributed by atoms with Gasteiger partial charge in [0.2, 0.25) is 0 Å². The van der Waals surface area contributed by atoms with Crippen LogP contribution in [0.3, 0.4) is 0 Å². The zero-order valence-electron chi connectivity index (χ0n) is 12.2. The number of esters is 1. The largest absolute Gasteiger partial charge is 0.469 e. The molecule has 4 heteroatoms. The second-order valence-electron chi connectivity index (χ2n) is 5.53. The average Bonchev–Trinajstić information content (AvgIpc) is 2.82. The van der Waals surface area contributed by atoms with Crippen LogP contribution in [-0.2, 0) is 16.1 Å². The first-order valence-corrected chi connectivity index (χ1v) is 7.15. The highest BCUT2D eigenvalue weighted by atomic mass is 16.5. The van der Waals surface area contributed by atoms with E-state index in [-0.39, 0.29) is 5.97 Å². The normalized spacial score (nSPS) is 24.6. The Morgan fingerprint density at radius 3 is 2.75 bits per heavy atom. The molecule has 2 atom stereocenters. The molecule has 0 bridgehead atoms. The van der Waals surface area contributed by atoms with E-state index in [1.165, 1.54) is 12.7 Å². The summed E-state index contributed by atoms with van der Waals surface area (Å²) >= 11 is 0. The van der Waals surface area contributed by atoms with Crippen LogP contribution in [0.1, 0.15) is 25.3 Å². The van der Waals surface area contributed by atoms with Gasteiger partial charge in [-0.3, -0.25) is 9.69 Å². The predicted octanol–water partition coefficient (Wildman–Crippen LogP) is 1.82. The van der Waals surface area contributed by atoms with Gasteiger partial charge in [0, 0.05) is 19.6 Å². The molecule has 1 aliphatic heterocycles. The maximum absolute atomic E-state index is 11.8. The summed E-state index contributed by atoms with van der Waals surface area (Å²) in [6.07, 6.45) is 1.22. The number of carbonyl (C=O) groups excluding carboxylic acids is 1. The molecule has 2 unspecified atom stereocenters. The number of rotatable bonds is 5. The quantitative estimate of drug-likeness (QED) is 0.834. The number of hydrogen-bond acceptors (Lipinski definition) is 4. The van der Waals surface area contributed by atoms with Crippen LogP contribution in [0.2, 0.25) is 0 Å². The van der Waals surface area contributed by atoms with Crippen molar-refractivity contribution in [3.63, 3.8) is 0 Å². The Hall–Kier alpha value is -1.39. The molecule has 4 nitrogen and oxygen atoms in total. The first-order chi connectivity index (χ1) is 9.59. The third-order valence-electron chi connectivity index (χ3n) is 4.15. The molecule has 2 rings (SSSR count). The number of carbonyl (C=O) groups is 1. The smallest absolute Gasteiger partial charge is 0.311 e. The van der Waals surface area contributed by atoms with Gasteiger partial charge in [0.25, 0.3) is 0 Å². The lowest BCUT2D eigenvalue weighted by atomic mass is 9.84. The SMILES string of the molecule is CCC(C(=O)OC)C1(O)CCN(Cc2ccccc2)C1. The Labute approximate surface area is 120 Å². The number of methoxy groups -OCH3 is 1. The molecule has 1 heterocycles. The van der Waals surface area contributed by atoms with E-state index < -0.39 is 11.5 Å². The maximum Gasteiger partial charge on any atom is 0.311 e. The van der Waals surface area contributed by atoms with Gasteiger partial charge < -0.3 is 9.84 Å². The van der Waals surface area contributed by atoms with Gasteiger partial charge in [0.05, 0.1) is 18.6 Å². The van der Waals surface area contributed by atoms with E-state index in [9.17, 15) is 9.90 Å². The number of likely N-dealkylation sites (tertiary alicyclic amines) is 1. The molecule has 20 heavy (non-hydrogen) atoms. The highest BCUT2D eigenvalue weighted by Gasteiger charge is 2.45. The monoisotopic (exact) mass is 277 g/mol. The molecule has 1 saturated heterocycles. The number of aliphatic hydroxyl groups is 1. The highest BCUT2D eigenvalue weighted by molar-refractivity contribution is 5.73. The molecule has 0 radical (unpaired) electrons. The van der Waals surface area contributed by atoms with Gasteiger partial charge in [-0.25, -0.2) is 0 Å². The molecule has 1 aromatic rings. The van der Waals surface area contributed by atoms with Gasteiger partial charge in [-0.05, 0) is 18.4 Å². The minimum atomic E-state index is -0.962. The molecular formula is C16H23NO3. The van der Waals surface area contributed by atoms with Crippen LogP contribution in [0.25, 0.3) is 0 Å². The van der Waals surface area contributed by atoms with Crippen molar-refractivity contribution in [3.8, 4) is 0 Å². The van der Waals surface area contributed by atoms with E-state index in [1.807, 2.05) is 25.1 Å². The summed E-state index contributed by atoms with van der Waals surface area (Å²) in [7, 11) is 1.38. The topological polar surface area (TPSA) is 49.8 Å². The van der Waals surface area contributed by atoms with E-state index in [0.29, 0.717) is 19.4 Å². The summed E-state index contributed by atoms with van der Waals surface area (Å²) in [6.45, 7) is 4.05. The van der Waals surface area contributed by atoms with Crippen LogP contribution in [0.5, 0.6) is 0 Å². The maximum atomic E-state index is 11.8. The summed E-state index contributed by atoms with van der Waals surface area (Å²) in [5, 5.41) is 10.8. The fraction of sp³-hybridized carbons (Fsp3) is 0.562. The van der Waals surface area contributed by atoms with Gasteiger partial charge in [0.1, 0.15) is 0 Å². The summed E-state index contributed by atoms with van der Waals surface area (Å²) in [5.41, 5.74) is 0.263. The van der Waals surface area contributed by atoms with Crippen molar-refractivity contribution in [1.82, 2.24) is 4.90 Å². The van der Waals surface area contributed by atoms with Crippen molar-refractivity contribution in [3.05, 3.63) is 35.9 Å². The molecular weight excluding hydrogens is 254 g/mol. The van der Waals surface area contributed by atoms with Gasteiger partial charge >= 0.3 is 5.97 Å². The second kappa shape index (κ2) is 6.37. The van der Waals surface area contributed by atoms with Crippen molar-refractivity contribution < 1.29 is 14.6 Å². The molecule has 1 fully saturated rings. The molecule has 0 amide bonds. The van der Waals surface area contributed by atoms with Crippen LogP contribution < -0.4 is 0 Å². The Kier molecular flexibility index (Phi) is 4.78. The minimum Gasteiger partial charge on any atom is -0.469 e. The molecule has 0 aromatic heterocycles. The van der Waals surface area contributed by atoms with Crippen LogP contribution in [0.4, 0.5) is 0 Å². The number of nitrogens with zero attached hydrogens (tertiary/aromatic N) is 1. The predicted molar refractivity (Wildman–Crippen MR) is 77.1 cm³/mol. The van der Waals surface area contributed by atoms with E-state index in [2.05, 4.69) is 17.0 Å². The average molecular weight is 277 g/mol. The number of β-amino-alcohol motifs (C(OH)–C–C–N with tert-alkyl or cyclic N) is 1. The van der Waals surface area contributed by atoms with Crippen LogP contribution in [0, 0.1) is 5.92 Å². The summed E-state index contributed by atoms with van der Waals surface area (Å²) in [4.78, 5) is 14.0. The van der Waals surface area contributed by atoms with E-state index in [0.717, 1.165) is 13.1 Å². The molecule has 1 aliphatic rings. The lowest BCUT2D eigenvalue weighted by Gasteiger charge is -2.30. The Bertz CT molecular complexity index is 448. The van der Waals surface area contributed by atoms with Gasteiger partial charge in [-0.15, -0.1) is 0 Å². The van der Waals surface area contributed by atoms with Crippen molar-refractivity contribution in [1.29, 1.82) is 0 Å². The molecule has 1 aromatic carbocycles. The lowest BCUT2D eigenvalue weighted by Crippen LogP contribution is -2.44. The zero-order valence-corrected chi connectivity index (χ0v) is 12.2. The third kappa shape index (κ3) is 3.19. The molecule has 1 N–H and O–H groups in total. The number of ether oxygens (including phenoxy) is 1. The Morgan fingerprint density at radius 1 is 1.45 bits per heavy atom. The molecule has 0 saturated carbocycles. The number of hydrogen-bond donors (Lipinski definition) is 1. The van der Waals surface area contributed by atoms with E-state index >= 15 is 0 Å². The van der Waals surface area contributed by atoms with Gasteiger partial charge in [-0.2, -0.15) is 0 Å². The lowest BCUT2D eigenvalue weighted by molar-refractivity contribution is -0.155. The Morgan fingerprint density at radius 2 is 2.15 bits per heavy atom. The van der Waals surface area contributed by atoms with Crippen molar-refractivity contribution >= 4 is 5.97 Å². The summed E-state index contributed by atoms with van der Waals surface area (Å²) in [5.74, 6) is -0.746. The zero-order chi connectivity index (χ0) is 14.6. The highest BCUT2D eigenvalue weighted by Crippen LogP contribution is 2.32. The molecule has 0 spiro atoms. The first-order valence-electron chi connectivity index (χ1n) is 7.15. The second-order valence-corrected chi connectivity index (χ2v) is 5.53. The fourth-order valence-electron chi connectivity index (χ4n) is 3.07. The molecule has 110 valence electrons. The molecule has 0 aliphatic carbocycles. The number of benzene rings is 1. The van der Waals surface area contributed by atoms with Gasteiger partial charge in [0.15, 0.2) is 0 Å². The van der Waals surface area contributed by atoms with Crippen molar-refractivity contribution in [2.24, 2.45) is 5.92 Å². The fourth-order valence-corrected chi connectivity index (χ4v) is 3.07. The van der Waals surface area contributed by atoms with Crippen LogP contribution in [0.15, 0.2) is 30.3 Å². The summed E-state index contributed by atoms with van der Waals surface area (Å²) in [6, 6.07) is 10.2. The van der Waals surface area contributed by atoms with Gasteiger partial charge in [-0.1, -0.05) is 37.3 Å². The van der Waals surface area contributed by atoms with E-state index in [1.54, 1.807) is 0 Å². The van der Waals surface area contributed by atoms with Crippen LogP contribution in [-0.4, -0.2) is 41.8 Å². The standard InChI is InChI=1S/C16H23NO3/c1-3-14(15(18)20-2)16(19)9-10-17(12-16)11-13-7-5-4-6-8-13/h4-8,14,19H,3,9-12H2,1-2H3. The van der Waals surface area contributed by atoms with Crippen molar-refractivity contribution in [2.45, 2.75) is 31.9 Å². The Balaban J connectivity index is 2.01.